The van der Waals surface area contributed by atoms with Crippen LogP contribution in [0.1, 0.15) is 83.7 Å². The van der Waals surface area contributed by atoms with Gasteiger partial charge in [0.15, 0.2) is 5.78 Å². The molecule has 5 nitrogen and oxygen atoms in total. The van der Waals surface area contributed by atoms with Crippen LogP contribution >= 0.6 is 11.3 Å². The normalized spacial score (nSPS) is 20.3. The topological polar surface area (TPSA) is 53.5 Å². The molecule has 0 N–H and O–H groups in total. The van der Waals surface area contributed by atoms with Gasteiger partial charge >= 0.3 is 0 Å². The summed E-state index contributed by atoms with van der Waals surface area (Å²) in [5.41, 5.74) is 6.17. The first-order valence-corrected chi connectivity index (χ1v) is 14.6. The second-order valence-corrected chi connectivity index (χ2v) is 12.2. The summed E-state index contributed by atoms with van der Waals surface area (Å²) in [6.07, 6.45) is 8.82. The third-order valence-corrected chi connectivity index (χ3v) is 10.0. The monoisotopic (exact) mass is 517 g/mol. The summed E-state index contributed by atoms with van der Waals surface area (Å²) < 4.78 is 0. The molecule has 3 aliphatic rings. The van der Waals surface area contributed by atoms with Crippen LogP contribution in [0.25, 0.3) is 0 Å². The van der Waals surface area contributed by atoms with E-state index in [1.165, 1.54) is 28.2 Å². The maximum Gasteiger partial charge on any atom is 0.255 e. The first-order valence-electron chi connectivity index (χ1n) is 13.8. The summed E-state index contributed by atoms with van der Waals surface area (Å²) in [4.78, 5) is 38.0. The fourth-order valence-corrected chi connectivity index (χ4v) is 8.07. The number of amides is 1. The minimum absolute atomic E-state index is 0.112. The van der Waals surface area contributed by atoms with Gasteiger partial charge in [-0.25, -0.2) is 0 Å². The molecule has 196 valence electrons. The zero-order valence-corrected chi connectivity index (χ0v) is 23.5. The first kappa shape index (κ1) is 26.1. The van der Waals surface area contributed by atoms with E-state index in [0.29, 0.717) is 31.3 Å². The molecule has 1 fully saturated rings. The molecule has 0 unspecified atom stereocenters. The lowest BCUT2D eigenvalue weighted by Crippen LogP contribution is -2.40. The van der Waals surface area contributed by atoms with E-state index in [2.05, 4.69) is 41.9 Å². The number of hydrogen-bond donors (Lipinski definition) is 0. The SMILES string of the molecule is CC[C@@H](c1sc2c(c1C)C(=O)N(CC1=C(C)C=C(C)CC1=O)CC2)C1CCN(Cc2ccccn2)CC1. The molecule has 37 heavy (non-hydrogen) atoms. The Morgan fingerprint density at radius 3 is 2.54 bits per heavy atom. The molecule has 2 aliphatic heterocycles. The van der Waals surface area contributed by atoms with E-state index in [1.807, 2.05) is 42.3 Å². The van der Waals surface area contributed by atoms with Gasteiger partial charge in [-0.1, -0.05) is 24.6 Å². The average Bonchev–Trinajstić information content (AvgIpc) is 3.21. The number of Topliss-reactive ketones (excluding diaryl/α,β-unsaturated/α-hetero) is 1. The van der Waals surface area contributed by atoms with Crippen molar-refractivity contribution in [3.63, 3.8) is 0 Å². The number of fused-ring (bicyclic) bond motifs is 1. The number of hydrogen-bond acceptors (Lipinski definition) is 5. The van der Waals surface area contributed by atoms with Crippen LogP contribution < -0.4 is 0 Å². The minimum Gasteiger partial charge on any atom is -0.334 e. The van der Waals surface area contributed by atoms with E-state index < -0.39 is 0 Å². The zero-order valence-electron chi connectivity index (χ0n) is 22.7. The summed E-state index contributed by atoms with van der Waals surface area (Å²) >= 11 is 1.89. The smallest absolute Gasteiger partial charge is 0.255 e. The summed E-state index contributed by atoms with van der Waals surface area (Å²) in [6, 6.07) is 6.15. The Morgan fingerprint density at radius 2 is 1.86 bits per heavy atom. The largest absolute Gasteiger partial charge is 0.334 e. The van der Waals surface area contributed by atoms with Crippen LogP contribution in [0.2, 0.25) is 0 Å². The third kappa shape index (κ3) is 5.37. The van der Waals surface area contributed by atoms with E-state index >= 15 is 0 Å². The van der Waals surface area contributed by atoms with E-state index in [9.17, 15) is 9.59 Å². The van der Waals surface area contributed by atoms with Crippen molar-refractivity contribution in [1.82, 2.24) is 14.8 Å². The molecule has 1 saturated heterocycles. The number of ketones is 1. The molecular formula is C31H39N3O2S. The summed E-state index contributed by atoms with van der Waals surface area (Å²) in [5, 5.41) is 0. The van der Waals surface area contributed by atoms with Crippen LogP contribution in [-0.2, 0) is 17.8 Å². The molecule has 1 amide bonds. The molecule has 2 aromatic rings. The standard InChI is InChI=1S/C31H39N3O2S/c1-5-25(23-9-13-33(14-10-23)18-24-8-6-7-12-32-24)30-22(4)29-28(37-30)11-15-34(31(29)36)19-26-21(3)16-20(2)17-27(26)35/h6-8,12,16,23,25H,5,9-11,13-15,17-19H2,1-4H3/t25-/m1/s1. The molecule has 2 aromatic heterocycles. The summed E-state index contributed by atoms with van der Waals surface area (Å²) in [5.74, 6) is 1.43. The van der Waals surface area contributed by atoms with Crippen molar-refractivity contribution in [2.24, 2.45) is 5.92 Å². The van der Waals surface area contributed by atoms with Gasteiger partial charge in [-0.2, -0.15) is 0 Å². The van der Waals surface area contributed by atoms with E-state index in [-0.39, 0.29) is 11.7 Å². The van der Waals surface area contributed by atoms with Crippen molar-refractivity contribution in [1.29, 1.82) is 0 Å². The Hall–Kier alpha value is -2.57. The first-order chi connectivity index (χ1) is 17.9. The number of allylic oxidation sites excluding steroid dienone is 3. The third-order valence-electron chi connectivity index (χ3n) is 8.52. The Kier molecular flexibility index (Phi) is 7.77. The van der Waals surface area contributed by atoms with Crippen molar-refractivity contribution >= 4 is 23.0 Å². The highest BCUT2D eigenvalue weighted by Gasteiger charge is 2.35. The number of likely N-dealkylation sites (tertiary alicyclic amines) is 1. The number of carbonyl (C=O) groups excluding carboxylic acids is 2. The second-order valence-electron chi connectivity index (χ2n) is 11.1. The van der Waals surface area contributed by atoms with Gasteiger partial charge in [0.1, 0.15) is 0 Å². The number of pyridine rings is 1. The van der Waals surface area contributed by atoms with Crippen molar-refractivity contribution in [3.8, 4) is 0 Å². The maximum atomic E-state index is 13.7. The minimum atomic E-state index is 0.112. The lowest BCUT2D eigenvalue weighted by Gasteiger charge is -2.35. The van der Waals surface area contributed by atoms with Crippen LogP contribution in [0, 0.1) is 12.8 Å². The highest BCUT2D eigenvalue weighted by Crippen LogP contribution is 2.44. The Balaban J connectivity index is 1.29. The van der Waals surface area contributed by atoms with Crippen LogP contribution in [0.4, 0.5) is 0 Å². The Morgan fingerprint density at radius 1 is 1.08 bits per heavy atom. The van der Waals surface area contributed by atoms with Gasteiger partial charge < -0.3 is 4.90 Å². The molecule has 0 saturated carbocycles. The molecule has 1 aliphatic carbocycles. The van der Waals surface area contributed by atoms with E-state index in [4.69, 9.17) is 0 Å². The molecule has 0 radical (unpaired) electrons. The predicted molar refractivity (Wildman–Crippen MR) is 150 cm³/mol. The maximum absolute atomic E-state index is 13.7. The number of aromatic nitrogens is 1. The number of nitrogens with zero attached hydrogens (tertiary/aromatic N) is 3. The lowest BCUT2D eigenvalue weighted by molar-refractivity contribution is -0.115. The zero-order chi connectivity index (χ0) is 26.1. The molecule has 1 atom stereocenters. The highest BCUT2D eigenvalue weighted by molar-refractivity contribution is 7.12. The molecule has 0 bridgehead atoms. The van der Waals surface area contributed by atoms with Gasteiger partial charge in [0.2, 0.25) is 0 Å². The van der Waals surface area contributed by atoms with E-state index in [1.54, 1.807) is 0 Å². The van der Waals surface area contributed by atoms with Gasteiger partial charge in [0.05, 0.1) is 11.3 Å². The molecule has 0 spiro atoms. The summed E-state index contributed by atoms with van der Waals surface area (Å²) in [6.45, 7) is 12.7. The van der Waals surface area contributed by atoms with Crippen molar-refractivity contribution in [2.45, 2.75) is 72.3 Å². The van der Waals surface area contributed by atoms with Gasteiger partial charge in [-0.05, 0) is 88.2 Å². The van der Waals surface area contributed by atoms with Gasteiger partial charge in [-0.3, -0.25) is 19.5 Å². The summed E-state index contributed by atoms with van der Waals surface area (Å²) in [7, 11) is 0. The van der Waals surface area contributed by atoms with Crippen LogP contribution in [0.15, 0.2) is 47.2 Å². The molecular weight excluding hydrogens is 478 g/mol. The Labute approximate surface area is 225 Å². The van der Waals surface area contributed by atoms with Crippen LogP contribution in [0.5, 0.6) is 0 Å². The lowest BCUT2D eigenvalue weighted by atomic mass is 9.80. The second kappa shape index (κ2) is 11.0. The molecule has 4 heterocycles. The number of thiophene rings is 1. The van der Waals surface area contributed by atoms with Crippen molar-refractivity contribution < 1.29 is 9.59 Å². The fraction of sp³-hybridized carbons (Fsp3) is 0.516. The molecule has 5 rings (SSSR count). The number of piperidine rings is 1. The van der Waals surface area contributed by atoms with Crippen LogP contribution in [0.3, 0.4) is 0 Å². The van der Waals surface area contributed by atoms with Gasteiger partial charge in [0, 0.05) is 54.0 Å². The number of carbonyl (C=O) groups is 2. The van der Waals surface area contributed by atoms with Gasteiger partial charge in [0.25, 0.3) is 5.91 Å². The highest BCUT2D eigenvalue weighted by atomic mass is 32.1. The number of rotatable bonds is 7. The average molecular weight is 518 g/mol. The van der Waals surface area contributed by atoms with Crippen LogP contribution in [-0.4, -0.2) is 52.7 Å². The quantitative estimate of drug-likeness (QED) is 0.446. The molecule has 6 heteroatoms. The predicted octanol–water partition coefficient (Wildman–Crippen LogP) is 6.09. The Bertz CT molecular complexity index is 1230. The molecule has 0 aromatic carbocycles. The fourth-order valence-electron chi connectivity index (χ4n) is 6.51. The van der Waals surface area contributed by atoms with Gasteiger partial charge in [-0.15, -0.1) is 11.3 Å². The van der Waals surface area contributed by atoms with Crippen molar-refractivity contribution in [3.05, 3.63) is 73.8 Å². The van der Waals surface area contributed by atoms with Crippen molar-refractivity contribution in [2.75, 3.05) is 26.2 Å². The van der Waals surface area contributed by atoms with E-state index in [0.717, 1.165) is 60.5 Å².